The fourth-order valence-electron chi connectivity index (χ4n) is 6.48. The van der Waals surface area contributed by atoms with Crippen LogP contribution >= 0.6 is 0 Å². The molecule has 5 nitrogen and oxygen atoms in total. The molecule has 0 bridgehead atoms. The summed E-state index contributed by atoms with van der Waals surface area (Å²) in [5.41, 5.74) is -5.53. The number of alkyl halides is 5. The molecule has 1 aliphatic carbocycles. The number of halogens is 5. The van der Waals surface area contributed by atoms with E-state index in [0.29, 0.717) is 31.9 Å². The Bertz CT molecular complexity index is 1260. The normalized spacial score (nSPS) is 30.1. The Morgan fingerprint density at radius 2 is 1.72 bits per heavy atom. The molecule has 0 spiro atoms. The Morgan fingerprint density at radius 3 is 2.33 bits per heavy atom. The van der Waals surface area contributed by atoms with Crippen molar-refractivity contribution < 1.29 is 41.4 Å². The molecule has 2 heterocycles. The van der Waals surface area contributed by atoms with Crippen LogP contribution in [0.5, 0.6) is 5.75 Å². The molecular formula is C29H30F5NO4. The number of carboxylic acids is 1. The second-order valence-electron chi connectivity index (χ2n) is 11.2. The van der Waals surface area contributed by atoms with E-state index in [1.807, 2.05) is 30.3 Å². The maximum Gasteiger partial charge on any atom is 0.426 e. The largest absolute Gasteiger partial charge is 0.491 e. The van der Waals surface area contributed by atoms with Gasteiger partial charge in [-0.05, 0) is 57.1 Å². The van der Waals surface area contributed by atoms with E-state index in [1.165, 1.54) is 6.07 Å². The quantitative estimate of drug-likeness (QED) is 0.471. The first-order valence-corrected chi connectivity index (χ1v) is 13.1. The fourth-order valence-corrected chi connectivity index (χ4v) is 6.48. The van der Waals surface area contributed by atoms with Crippen molar-refractivity contribution in [2.75, 3.05) is 13.2 Å². The molecule has 10 heteroatoms. The highest BCUT2D eigenvalue weighted by Gasteiger charge is 2.57. The molecule has 3 atom stereocenters. The lowest BCUT2D eigenvalue weighted by molar-refractivity contribution is -0.228. The lowest BCUT2D eigenvalue weighted by Crippen LogP contribution is -2.54. The van der Waals surface area contributed by atoms with E-state index in [1.54, 1.807) is 4.90 Å². The van der Waals surface area contributed by atoms with Gasteiger partial charge in [0.25, 0.3) is 0 Å². The van der Waals surface area contributed by atoms with Gasteiger partial charge in [-0.2, -0.15) is 13.2 Å². The number of amides is 1. The predicted octanol–water partition coefficient (Wildman–Crippen LogP) is 5.89. The number of benzene rings is 2. The number of nitrogens with zero attached hydrogens (tertiary/aromatic N) is 1. The number of fused-ring (bicyclic) bond motifs is 3. The number of carboxylic acid groups (broad SMARTS) is 1. The number of likely N-dealkylation sites (tertiary alicyclic amines) is 1. The van der Waals surface area contributed by atoms with E-state index >= 15 is 0 Å². The van der Waals surface area contributed by atoms with Crippen LogP contribution in [0.3, 0.4) is 0 Å². The SMILES string of the molecule is CC(F)(c1ccc2c(c1)OCC1N(C(=O)[C@H]3CC[C@](F)(C(=O)O)CC3)CCC21Cc1ccccc1)C(F)(F)F. The van der Waals surface area contributed by atoms with E-state index in [2.05, 4.69) is 0 Å². The first-order valence-electron chi connectivity index (χ1n) is 13.1. The smallest absolute Gasteiger partial charge is 0.426 e. The molecule has 0 aromatic heterocycles. The third kappa shape index (κ3) is 4.55. The maximum atomic E-state index is 14.8. The lowest BCUT2D eigenvalue weighted by Gasteiger charge is -2.44. The molecule has 2 aromatic rings. The summed E-state index contributed by atoms with van der Waals surface area (Å²) in [6, 6.07) is 12.8. The van der Waals surface area contributed by atoms with Gasteiger partial charge in [-0.1, -0.05) is 42.5 Å². The van der Waals surface area contributed by atoms with Crippen LogP contribution in [0.2, 0.25) is 0 Å². The second-order valence-corrected chi connectivity index (χ2v) is 11.2. The minimum atomic E-state index is -5.10. The van der Waals surface area contributed by atoms with Gasteiger partial charge in [-0.15, -0.1) is 0 Å². The Morgan fingerprint density at radius 1 is 1.05 bits per heavy atom. The van der Waals surface area contributed by atoms with Crippen LogP contribution in [0.25, 0.3) is 0 Å². The van der Waals surface area contributed by atoms with Crippen molar-refractivity contribution in [1.82, 2.24) is 4.90 Å². The third-order valence-electron chi connectivity index (χ3n) is 8.96. The van der Waals surface area contributed by atoms with E-state index in [4.69, 9.17) is 4.74 Å². The zero-order chi connectivity index (χ0) is 28.2. The van der Waals surface area contributed by atoms with Gasteiger partial charge in [0.2, 0.25) is 17.2 Å². The summed E-state index contributed by atoms with van der Waals surface area (Å²) >= 11 is 0. The zero-order valence-corrected chi connectivity index (χ0v) is 21.4. The van der Waals surface area contributed by atoms with E-state index < -0.39 is 46.4 Å². The highest BCUT2D eigenvalue weighted by atomic mass is 19.4. The number of hydrogen-bond donors (Lipinski definition) is 1. The van der Waals surface area contributed by atoms with Gasteiger partial charge in [-0.3, -0.25) is 4.79 Å². The topological polar surface area (TPSA) is 66.8 Å². The van der Waals surface area contributed by atoms with Crippen molar-refractivity contribution in [3.05, 3.63) is 65.2 Å². The van der Waals surface area contributed by atoms with Crippen LogP contribution in [0.15, 0.2) is 48.5 Å². The number of rotatable bonds is 5. The highest BCUT2D eigenvalue weighted by Crippen LogP contribution is 2.52. The number of aliphatic carboxylic acids is 1. The first-order chi connectivity index (χ1) is 18.3. The number of hydrogen-bond acceptors (Lipinski definition) is 3. The molecule has 39 heavy (non-hydrogen) atoms. The summed E-state index contributed by atoms with van der Waals surface area (Å²) in [6.07, 6.45) is -4.36. The Balaban J connectivity index is 1.48. The number of ether oxygens (including phenoxy) is 1. The van der Waals surface area contributed by atoms with Crippen molar-refractivity contribution in [3.63, 3.8) is 0 Å². The highest BCUT2D eigenvalue weighted by molar-refractivity contribution is 5.82. The third-order valence-corrected chi connectivity index (χ3v) is 8.96. The molecule has 3 aliphatic rings. The van der Waals surface area contributed by atoms with Gasteiger partial charge in [-0.25, -0.2) is 13.6 Å². The van der Waals surface area contributed by atoms with Crippen molar-refractivity contribution in [2.24, 2.45) is 5.92 Å². The first kappa shape index (κ1) is 27.4. The van der Waals surface area contributed by atoms with Crippen LogP contribution in [0, 0.1) is 5.92 Å². The monoisotopic (exact) mass is 551 g/mol. The van der Waals surface area contributed by atoms with Gasteiger partial charge >= 0.3 is 12.1 Å². The minimum absolute atomic E-state index is 0.0128. The molecule has 0 radical (unpaired) electrons. The van der Waals surface area contributed by atoms with Crippen molar-refractivity contribution in [3.8, 4) is 5.75 Å². The van der Waals surface area contributed by atoms with Crippen molar-refractivity contribution >= 4 is 11.9 Å². The summed E-state index contributed by atoms with van der Waals surface area (Å²) in [5.74, 6) is -2.06. The molecule has 210 valence electrons. The van der Waals surface area contributed by atoms with Crippen LogP contribution in [0.4, 0.5) is 22.0 Å². The van der Waals surface area contributed by atoms with Gasteiger partial charge in [0.1, 0.15) is 12.4 Å². The molecule has 1 amide bonds. The van der Waals surface area contributed by atoms with Gasteiger partial charge in [0.15, 0.2) is 0 Å². The average Bonchev–Trinajstić information content (AvgIpc) is 3.27. The maximum absolute atomic E-state index is 14.8. The molecule has 2 aromatic carbocycles. The van der Waals surface area contributed by atoms with Crippen LogP contribution in [0.1, 0.15) is 55.7 Å². The van der Waals surface area contributed by atoms with E-state index in [-0.39, 0.29) is 43.9 Å². The van der Waals surface area contributed by atoms with E-state index in [9.17, 15) is 36.6 Å². The standard InChI is InChI=1S/C29H30F5NO4/c1-26(30,29(32,33)34)20-7-8-21-22(15-20)39-17-23-27(21,16-18-5-3-2-4-6-18)13-14-35(23)24(36)19-9-11-28(31,12-10-19)25(37)38/h2-8,15,19,23H,9-14,16-17H2,1H3,(H,37,38)/t19-,23?,26?,27?,28+. The molecular weight excluding hydrogens is 521 g/mol. The molecule has 1 N–H and O–H groups in total. The molecule has 5 rings (SSSR count). The Hall–Kier alpha value is -3.17. The molecule has 3 unspecified atom stereocenters. The molecule has 1 saturated carbocycles. The lowest BCUT2D eigenvalue weighted by atomic mass is 9.68. The summed E-state index contributed by atoms with van der Waals surface area (Å²) in [5, 5.41) is 9.20. The van der Waals surface area contributed by atoms with Gasteiger partial charge < -0.3 is 14.7 Å². The van der Waals surface area contributed by atoms with Crippen molar-refractivity contribution in [1.29, 1.82) is 0 Å². The molecule has 2 aliphatic heterocycles. The van der Waals surface area contributed by atoms with Crippen LogP contribution < -0.4 is 4.74 Å². The zero-order valence-electron chi connectivity index (χ0n) is 21.4. The van der Waals surface area contributed by atoms with Gasteiger partial charge in [0.05, 0.1) is 6.04 Å². The second kappa shape index (κ2) is 9.48. The summed E-state index contributed by atoms with van der Waals surface area (Å²) in [6.45, 7) is 0.857. The Labute approximate surface area is 222 Å². The minimum Gasteiger partial charge on any atom is -0.491 e. The Kier molecular flexibility index (Phi) is 6.66. The van der Waals surface area contributed by atoms with Crippen molar-refractivity contribution in [2.45, 2.75) is 74.4 Å². The summed E-state index contributed by atoms with van der Waals surface area (Å²) in [4.78, 5) is 26.7. The molecule has 1 saturated heterocycles. The van der Waals surface area contributed by atoms with Crippen LogP contribution in [-0.4, -0.2) is 52.9 Å². The number of carbonyl (C=O) groups is 2. The predicted molar refractivity (Wildman–Crippen MR) is 132 cm³/mol. The fraction of sp³-hybridized carbons (Fsp3) is 0.517. The number of carbonyl (C=O) groups excluding carboxylic acids is 1. The van der Waals surface area contributed by atoms with Crippen LogP contribution in [-0.2, 0) is 27.1 Å². The van der Waals surface area contributed by atoms with E-state index in [0.717, 1.165) is 17.7 Å². The summed E-state index contributed by atoms with van der Waals surface area (Å²) < 4.78 is 75.6. The van der Waals surface area contributed by atoms with Gasteiger partial charge in [0, 0.05) is 29.0 Å². The summed E-state index contributed by atoms with van der Waals surface area (Å²) in [7, 11) is 0. The average molecular weight is 552 g/mol. The molecule has 2 fully saturated rings.